The van der Waals surface area contributed by atoms with Gasteiger partial charge in [-0.2, -0.15) is 4.98 Å². The number of aromatic nitrogens is 4. The number of fused-ring (bicyclic) bond motifs is 1. The largest absolute Gasteiger partial charge is 0.369 e. The Hall–Kier alpha value is -1.89. The minimum Gasteiger partial charge on any atom is -0.369 e. The number of anilines is 1. The summed E-state index contributed by atoms with van der Waals surface area (Å²) in [6.45, 7) is 3.57. The van der Waals surface area contributed by atoms with Gasteiger partial charge in [-0.25, -0.2) is 4.98 Å². The summed E-state index contributed by atoms with van der Waals surface area (Å²) in [4.78, 5) is 24.9. The van der Waals surface area contributed by atoms with Crippen molar-refractivity contribution in [2.75, 3.05) is 12.3 Å². The van der Waals surface area contributed by atoms with Crippen LogP contribution in [0.2, 0.25) is 0 Å². The molecule has 2 heterocycles. The number of nitrogens with one attached hydrogen (secondary N) is 3. The summed E-state index contributed by atoms with van der Waals surface area (Å²) in [6, 6.07) is 0. The smallest absolute Gasteiger partial charge is 0.278 e. The molecule has 0 unspecified atom stereocenters. The van der Waals surface area contributed by atoms with E-state index in [1.807, 2.05) is 0 Å². The Morgan fingerprint density at radius 3 is 2.94 bits per heavy atom. The zero-order valence-electron chi connectivity index (χ0n) is 9.00. The van der Waals surface area contributed by atoms with Crippen LogP contribution in [0, 0.1) is 0 Å². The first-order valence-electron chi connectivity index (χ1n) is 5.15. The van der Waals surface area contributed by atoms with E-state index in [0.29, 0.717) is 23.5 Å². The summed E-state index contributed by atoms with van der Waals surface area (Å²) in [5, 5.41) is 3.18. The average molecular weight is 222 g/mol. The van der Waals surface area contributed by atoms with Gasteiger partial charge in [-0.15, -0.1) is 0 Å². The Kier molecular flexibility index (Phi) is 2.86. The van der Waals surface area contributed by atoms with Gasteiger partial charge in [0.2, 0.25) is 5.95 Å². The zero-order valence-corrected chi connectivity index (χ0v) is 9.00. The van der Waals surface area contributed by atoms with Crippen molar-refractivity contribution in [1.82, 2.24) is 25.3 Å². The molecule has 0 aliphatic carbocycles. The van der Waals surface area contributed by atoms with E-state index in [9.17, 15) is 4.79 Å². The van der Waals surface area contributed by atoms with Crippen LogP contribution in [0.25, 0.3) is 11.2 Å². The van der Waals surface area contributed by atoms with Gasteiger partial charge >= 0.3 is 0 Å². The lowest BCUT2D eigenvalue weighted by Crippen LogP contribution is -2.14. The topological polar surface area (TPSA) is 112 Å². The summed E-state index contributed by atoms with van der Waals surface area (Å²) in [5.74, 6) is 0.768. The molecule has 0 aliphatic heterocycles. The molecule has 0 bridgehead atoms. The Morgan fingerprint density at radius 2 is 2.19 bits per heavy atom. The summed E-state index contributed by atoms with van der Waals surface area (Å²) in [7, 11) is 0. The number of imidazole rings is 1. The molecule has 0 spiro atoms. The van der Waals surface area contributed by atoms with Gasteiger partial charge in [0.15, 0.2) is 11.2 Å². The van der Waals surface area contributed by atoms with Gasteiger partial charge in [0.25, 0.3) is 5.56 Å². The van der Waals surface area contributed by atoms with Crippen LogP contribution in [0.15, 0.2) is 4.79 Å². The lowest BCUT2D eigenvalue weighted by Gasteiger charge is -1.97. The first-order valence-corrected chi connectivity index (χ1v) is 5.15. The third-order valence-corrected chi connectivity index (χ3v) is 2.15. The van der Waals surface area contributed by atoms with E-state index in [1.54, 1.807) is 0 Å². The number of rotatable bonds is 4. The first-order chi connectivity index (χ1) is 7.70. The number of nitrogens with two attached hydrogens (primary N) is 1. The summed E-state index contributed by atoms with van der Waals surface area (Å²) < 4.78 is 0. The molecule has 0 fully saturated rings. The SMILES string of the molecule is CCCNCc1nc2nc(N)[nH]c(=O)c2[nH]1. The Bertz CT molecular complexity index is 542. The second kappa shape index (κ2) is 4.31. The van der Waals surface area contributed by atoms with Gasteiger partial charge in [-0.1, -0.05) is 6.92 Å². The maximum absolute atomic E-state index is 11.5. The van der Waals surface area contributed by atoms with Crippen molar-refractivity contribution in [3.63, 3.8) is 0 Å². The van der Waals surface area contributed by atoms with Crippen LogP contribution in [-0.4, -0.2) is 26.5 Å². The number of H-pyrrole nitrogens is 2. The minimum atomic E-state index is -0.295. The Morgan fingerprint density at radius 1 is 1.38 bits per heavy atom. The number of nitrogens with zero attached hydrogens (tertiary/aromatic N) is 2. The van der Waals surface area contributed by atoms with Crippen molar-refractivity contribution in [1.29, 1.82) is 0 Å². The quantitative estimate of drug-likeness (QED) is 0.532. The van der Waals surface area contributed by atoms with Crippen LogP contribution in [0.5, 0.6) is 0 Å². The summed E-state index contributed by atoms with van der Waals surface area (Å²) in [5.41, 5.74) is 5.84. The second-order valence-electron chi connectivity index (χ2n) is 3.51. The van der Waals surface area contributed by atoms with E-state index >= 15 is 0 Å². The van der Waals surface area contributed by atoms with Crippen molar-refractivity contribution < 1.29 is 0 Å². The first kappa shape index (κ1) is 10.6. The van der Waals surface area contributed by atoms with Crippen molar-refractivity contribution in [2.24, 2.45) is 0 Å². The molecule has 0 radical (unpaired) electrons. The number of nitrogen functional groups attached to an aromatic ring is 1. The molecule has 0 saturated heterocycles. The molecule has 0 saturated carbocycles. The molecule has 2 aromatic rings. The van der Waals surface area contributed by atoms with E-state index in [-0.39, 0.29) is 11.5 Å². The molecule has 5 N–H and O–H groups in total. The van der Waals surface area contributed by atoms with Crippen LogP contribution < -0.4 is 16.6 Å². The molecule has 0 atom stereocenters. The van der Waals surface area contributed by atoms with Gasteiger partial charge < -0.3 is 16.0 Å². The van der Waals surface area contributed by atoms with Crippen LogP contribution in [0.1, 0.15) is 19.2 Å². The fourth-order valence-electron chi connectivity index (χ4n) is 1.44. The van der Waals surface area contributed by atoms with E-state index in [4.69, 9.17) is 5.73 Å². The molecule has 7 heteroatoms. The summed E-state index contributed by atoms with van der Waals surface area (Å²) in [6.07, 6.45) is 1.05. The lowest BCUT2D eigenvalue weighted by atomic mass is 10.5. The Labute approximate surface area is 91.5 Å². The molecule has 0 aromatic carbocycles. The van der Waals surface area contributed by atoms with Crippen LogP contribution in [0.3, 0.4) is 0 Å². The fraction of sp³-hybridized carbons (Fsp3) is 0.444. The molecule has 7 nitrogen and oxygen atoms in total. The molecule has 2 rings (SSSR count). The highest BCUT2D eigenvalue weighted by Gasteiger charge is 2.07. The number of hydrogen-bond acceptors (Lipinski definition) is 5. The van der Waals surface area contributed by atoms with E-state index in [1.165, 1.54) is 0 Å². The normalized spacial score (nSPS) is 11.1. The maximum atomic E-state index is 11.5. The van der Waals surface area contributed by atoms with Gasteiger partial charge in [-0.05, 0) is 13.0 Å². The molecule has 16 heavy (non-hydrogen) atoms. The van der Waals surface area contributed by atoms with Crippen LogP contribution >= 0.6 is 0 Å². The molecular formula is C9H14N6O. The minimum absolute atomic E-state index is 0.0806. The zero-order chi connectivity index (χ0) is 11.5. The molecular weight excluding hydrogens is 208 g/mol. The fourth-order valence-corrected chi connectivity index (χ4v) is 1.44. The molecule has 0 amide bonds. The lowest BCUT2D eigenvalue weighted by molar-refractivity contribution is 0.656. The average Bonchev–Trinajstić information content (AvgIpc) is 2.61. The van der Waals surface area contributed by atoms with Gasteiger partial charge in [0.05, 0.1) is 6.54 Å². The molecule has 86 valence electrons. The van der Waals surface area contributed by atoms with Crippen molar-refractivity contribution in [3.05, 3.63) is 16.2 Å². The van der Waals surface area contributed by atoms with Gasteiger partial charge in [0, 0.05) is 0 Å². The third-order valence-electron chi connectivity index (χ3n) is 2.15. The van der Waals surface area contributed by atoms with Crippen molar-refractivity contribution >= 4 is 17.1 Å². The third kappa shape index (κ3) is 2.03. The highest BCUT2D eigenvalue weighted by molar-refractivity contribution is 5.70. The van der Waals surface area contributed by atoms with Crippen molar-refractivity contribution in [2.45, 2.75) is 19.9 Å². The molecule has 2 aromatic heterocycles. The highest BCUT2D eigenvalue weighted by atomic mass is 16.1. The second-order valence-corrected chi connectivity index (χ2v) is 3.51. The predicted molar refractivity (Wildman–Crippen MR) is 60.9 cm³/mol. The Balaban J connectivity index is 2.29. The van der Waals surface area contributed by atoms with E-state index in [0.717, 1.165) is 13.0 Å². The van der Waals surface area contributed by atoms with Gasteiger partial charge in [-0.3, -0.25) is 9.78 Å². The van der Waals surface area contributed by atoms with Crippen LogP contribution in [-0.2, 0) is 6.54 Å². The van der Waals surface area contributed by atoms with Crippen molar-refractivity contribution in [3.8, 4) is 0 Å². The molecule has 0 aliphatic rings. The van der Waals surface area contributed by atoms with E-state index < -0.39 is 0 Å². The number of hydrogen-bond donors (Lipinski definition) is 4. The van der Waals surface area contributed by atoms with E-state index in [2.05, 4.69) is 32.2 Å². The monoisotopic (exact) mass is 222 g/mol. The predicted octanol–water partition coefficient (Wildman–Crippen LogP) is -0.272. The highest BCUT2D eigenvalue weighted by Crippen LogP contribution is 2.04. The van der Waals surface area contributed by atoms with Crippen LogP contribution in [0.4, 0.5) is 5.95 Å². The maximum Gasteiger partial charge on any atom is 0.278 e. The standard InChI is InChI=1S/C9H14N6O/c1-2-3-11-4-5-12-6-7(13-5)14-9(10)15-8(6)16/h11H,2-4H2,1H3,(H4,10,12,13,14,15,16). The summed E-state index contributed by atoms with van der Waals surface area (Å²) >= 11 is 0. The van der Waals surface area contributed by atoms with Gasteiger partial charge in [0.1, 0.15) is 5.82 Å². The number of aromatic amines is 2.